The molecule has 0 aliphatic carbocycles. The van der Waals surface area contributed by atoms with Gasteiger partial charge < -0.3 is 10.2 Å². The highest BCUT2D eigenvalue weighted by molar-refractivity contribution is 7.12. The highest BCUT2D eigenvalue weighted by Gasteiger charge is 2.27. The molecule has 0 bridgehead atoms. The van der Waals surface area contributed by atoms with Gasteiger partial charge in [-0.05, 0) is 36.8 Å². The summed E-state index contributed by atoms with van der Waals surface area (Å²) in [4.78, 5) is 27.3. The summed E-state index contributed by atoms with van der Waals surface area (Å²) in [5.41, 5.74) is 2.33. The average molecular weight is 342 g/mol. The van der Waals surface area contributed by atoms with Gasteiger partial charge in [-0.2, -0.15) is 0 Å². The van der Waals surface area contributed by atoms with E-state index in [1.54, 1.807) is 0 Å². The monoisotopic (exact) mass is 342 g/mol. The van der Waals surface area contributed by atoms with Crippen LogP contribution in [0.25, 0.3) is 0 Å². The van der Waals surface area contributed by atoms with Crippen LogP contribution in [0.1, 0.15) is 33.6 Å². The van der Waals surface area contributed by atoms with Crippen molar-refractivity contribution in [3.63, 3.8) is 0 Å². The molecule has 0 saturated carbocycles. The zero-order valence-electron chi connectivity index (χ0n) is 13.8. The van der Waals surface area contributed by atoms with Gasteiger partial charge in [-0.3, -0.25) is 9.59 Å². The first-order valence-electron chi connectivity index (χ1n) is 8.29. The number of hydrogen-bond donors (Lipinski definition) is 1. The van der Waals surface area contributed by atoms with Crippen molar-refractivity contribution in [1.82, 2.24) is 10.2 Å². The Morgan fingerprint density at radius 2 is 1.88 bits per heavy atom. The molecular weight excluding hydrogens is 320 g/mol. The Bertz CT molecular complexity index is 687. The Morgan fingerprint density at radius 1 is 1.17 bits per heavy atom. The lowest BCUT2D eigenvalue weighted by Crippen LogP contribution is -2.42. The summed E-state index contributed by atoms with van der Waals surface area (Å²) in [5, 5.41) is 4.93. The molecule has 2 amide bonds. The molecule has 4 nitrogen and oxygen atoms in total. The van der Waals surface area contributed by atoms with Gasteiger partial charge in [0.2, 0.25) is 5.91 Å². The first-order chi connectivity index (χ1) is 11.6. The van der Waals surface area contributed by atoms with E-state index in [1.807, 2.05) is 41.5 Å². The number of aryl methyl sites for hydroxylation is 1. The quantitative estimate of drug-likeness (QED) is 0.927. The van der Waals surface area contributed by atoms with E-state index in [9.17, 15) is 9.59 Å². The van der Waals surface area contributed by atoms with Crippen LogP contribution in [0, 0.1) is 12.8 Å². The van der Waals surface area contributed by atoms with E-state index in [2.05, 4.69) is 17.4 Å². The lowest BCUT2D eigenvalue weighted by molar-refractivity contribution is -0.126. The van der Waals surface area contributed by atoms with Gasteiger partial charge in [0.25, 0.3) is 5.91 Å². The fourth-order valence-corrected chi connectivity index (χ4v) is 3.63. The summed E-state index contributed by atoms with van der Waals surface area (Å²) in [6.45, 7) is 3.92. The number of carbonyl (C=O) groups is 2. The van der Waals surface area contributed by atoms with E-state index in [1.165, 1.54) is 16.9 Å². The Balaban J connectivity index is 1.46. The maximum atomic E-state index is 12.3. The topological polar surface area (TPSA) is 49.4 Å². The number of piperidine rings is 1. The van der Waals surface area contributed by atoms with Crippen LogP contribution >= 0.6 is 11.3 Å². The molecule has 0 unspecified atom stereocenters. The molecule has 2 heterocycles. The summed E-state index contributed by atoms with van der Waals surface area (Å²) in [7, 11) is 0. The SMILES string of the molecule is Cc1ccc(CNC(=O)C2CCN(C(=O)c3cccs3)CC2)cc1. The van der Waals surface area contributed by atoms with Crippen LogP contribution in [0.15, 0.2) is 41.8 Å². The molecule has 2 aromatic rings. The third kappa shape index (κ3) is 4.03. The summed E-state index contributed by atoms with van der Waals surface area (Å²) >= 11 is 1.47. The van der Waals surface area contributed by atoms with Crippen molar-refractivity contribution in [2.45, 2.75) is 26.3 Å². The van der Waals surface area contributed by atoms with E-state index in [4.69, 9.17) is 0 Å². The van der Waals surface area contributed by atoms with Crippen molar-refractivity contribution in [1.29, 1.82) is 0 Å². The fourth-order valence-electron chi connectivity index (χ4n) is 2.94. The summed E-state index contributed by atoms with van der Waals surface area (Å²) in [6.07, 6.45) is 1.47. The second-order valence-corrected chi connectivity index (χ2v) is 7.19. The van der Waals surface area contributed by atoms with Crippen LogP contribution < -0.4 is 5.32 Å². The number of nitrogens with zero attached hydrogens (tertiary/aromatic N) is 1. The largest absolute Gasteiger partial charge is 0.352 e. The Hall–Kier alpha value is -2.14. The second-order valence-electron chi connectivity index (χ2n) is 6.25. The van der Waals surface area contributed by atoms with Crippen LogP contribution in [0.5, 0.6) is 0 Å². The minimum Gasteiger partial charge on any atom is -0.352 e. The number of benzene rings is 1. The molecule has 1 N–H and O–H groups in total. The van der Waals surface area contributed by atoms with E-state index in [0.29, 0.717) is 19.6 Å². The molecular formula is C19H22N2O2S. The van der Waals surface area contributed by atoms with Crippen molar-refractivity contribution >= 4 is 23.2 Å². The molecule has 1 aliphatic rings. The van der Waals surface area contributed by atoms with E-state index >= 15 is 0 Å². The molecule has 1 fully saturated rings. The normalized spacial score (nSPS) is 15.3. The third-order valence-electron chi connectivity index (χ3n) is 4.47. The molecule has 1 aromatic carbocycles. The van der Waals surface area contributed by atoms with Gasteiger partial charge in [-0.25, -0.2) is 0 Å². The first kappa shape index (κ1) is 16.7. The number of likely N-dealkylation sites (tertiary alicyclic amines) is 1. The van der Waals surface area contributed by atoms with Crippen LogP contribution in [-0.2, 0) is 11.3 Å². The van der Waals surface area contributed by atoms with Gasteiger partial charge in [0.05, 0.1) is 4.88 Å². The van der Waals surface area contributed by atoms with E-state index in [0.717, 1.165) is 23.3 Å². The predicted octanol–water partition coefficient (Wildman–Crippen LogP) is 3.23. The zero-order chi connectivity index (χ0) is 16.9. The number of carbonyl (C=O) groups excluding carboxylic acids is 2. The lowest BCUT2D eigenvalue weighted by Gasteiger charge is -2.31. The van der Waals surface area contributed by atoms with Crippen LogP contribution in [0.4, 0.5) is 0 Å². The van der Waals surface area contributed by atoms with Crippen LogP contribution in [-0.4, -0.2) is 29.8 Å². The Kier molecular flexibility index (Phi) is 5.30. The van der Waals surface area contributed by atoms with Gasteiger partial charge in [0.1, 0.15) is 0 Å². The summed E-state index contributed by atoms with van der Waals surface area (Å²) < 4.78 is 0. The minimum absolute atomic E-state index is 0.00262. The maximum absolute atomic E-state index is 12.3. The second kappa shape index (κ2) is 7.62. The molecule has 0 radical (unpaired) electrons. The third-order valence-corrected chi connectivity index (χ3v) is 5.33. The standard InChI is InChI=1S/C19H22N2O2S/c1-14-4-6-15(7-5-14)13-20-18(22)16-8-10-21(11-9-16)19(23)17-3-2-12-24-17/h2-7,12,16H,8-11,13H2,1H3,(H,20,22). The van der Waals surface area contributed by atoms with Crippen LogP contribution in [0.2, 0.25) is 0 Å². The van der Waals surface area contributed by atoms with Gasteiger partial charge >= 0.3 is 0 Å². The number of thiophene rings is 1. The molecule has 126 valence electrons. The van der Waals surface area contributed by atoms with Crippen molar-refractivity contribution < 1.29 is 9.59 Å². The smallest absolute Gasteiger partial charge is 0.263 e. The Labute approximate surface area is 146 Å². The Morgan fingerprint density at radius 3 is 2.50 bits per heavy atom. The summed E-state index contributed by atoms with van der Waals surface area (Å²) in [5.74, 6) is 0.185. The highest BCUT2D eigenvalue weighted by Crippen LogP contribution is 2.21. The number of rotatable bonds is 4. The molecule has 1 saturated heterocycles. The molecule has 3 rings (SSSR count). The average Bonchev–Trinajstić information content (AvgIpc) is 3.15. The maximum Gasteiger partial charge on any atom is 0.263 e. The number of nitrogens with one attached hydrogen (secondary N) is 1. The molecule has 1 aliphatic heterocycles. The highest BCUT2D eigenvalue weighted by atomic mass is 32.1. The predicted molar refractivity (Wildman–Crippen MR) is 96.0 cm³/mol. The van der Waals surface area contributed by atoms with Gasteiger partial charge in [0.15, 0.2) is 0 Å². The van der Waals surface area contributed by atoms with Gasteiger partial charge in [-0.1, -0.05) is 35.9 Å². The van der Waals surface area contributed by atoms with Crippen molar-refractivity contribution in [2.75, 3.05) is 13.1 Å². The number of hydrogen-bond acceptors (Lipinski definition) is 3. The van der Waals surface area contributed by atoms with Gasteiger partial charge in [-0.15, -0.1) is 11.3 Å². The first-order valence-corrected chi connectivity index (χ1v) is 9.17. The van der Waals surface area contributed by atoms with Crippen LogP contribution in [0.3, 0.4) is 0 Å². The van der Waals surface area contributed by atoms with Gasteiger partial charge in [0, 0.05) is 25.6 Å². The molecule has 0 spiro atoms. The summed E-state index contributed by atoms with van der Waals surface area (Å²) in [6, 6.07) is 11.9. The molecule has 5 heteroatoms. The number of amides is 2. The van der Waals surface area contributed by atoms with Crippen molar-refractivity contribution in [3.05, 3.63) is 57.8 Å². The van der Waals surface area contributed by atoms with Crippen molar-refractivity contribution in [3.8, 4) is 0 Å². The fraction of sp³-hybridized carbons (Fsp3) is 0.368. The van der Waals surface area contributed by atoms with E-state index < -0.39 is 0 Å². The molecule has 0 atom stereocenters. The lowest BCUT2D eigenvalue weighted by atomic mass is 9.95. The zero-order valence-corrected chi connectivity index (χ0v) is 14.6. The minimum atomic E-state index is 0.00262. The van der Waals surface area contributed by atoms with E-state index in [-0.39, 0.29) is 17.7 Å². The molecule has 1 aromatic heterocycles. The van der Waals surface area contributed by atoms with Crippen molar-refractivity contribution in [2.24, 2.45) is 5.92 Å². The molecule has 24 heavy (non-hydrogen) atoms.